The first-order chi connectivity index (χ1) is 13.2. The molecule has 1 saturated heterocycles. The molecule has 28 heavy (non-hydrogen) atoms. The van der Waals surface area contributed by atoms with Gasteiger partial charge >= 0.3 is 0 Å². The Kier molecular flexibility index (Phi) is 4.41. The molecule has 4 fully saturated rings. The number of hydrogen-bond donors (Lipinski definition) is 0. The standard InChI is InChI=1S/C25H40O3/c1-22(2)15-27-25(28-16-22)13-11-19-18-10-9-17-8-6-7-12-23(17,3)21(18)20(26-5)14-24(19,25)4/h6,8,17-21H,7,9-16H2,1-5H3/t17-,18?,19+,20?,21-,23+,24+/m1/s1. The molecule has 3 heteroatoms. The lowest BCUT2D eigenvalue weighted by atomic mass is 9.45. The Hall–Kier alpha value is -0.380. The first kappa shape index (κ1) is 19.6. The number of allylic oxidation sites excluding steroid dienone is 2. The third-order valence-corrected chi connectivity index (χ3v) is 9.81. The van der Waals surface area contributed by atoms with Gasteiger partial charge in [-0.25, -0.2) is 0 Å². The van der Waals surface area contributed by atoms with Crippen LogP contribution in [0.3, 0.4) is 0 Å². The highest BCUT2D eigenvalue weighted by Crippen LogP contribution is 2.69. The van der Waals surface area contributed by atoms with Gasteiger partial charge in [0.2, 0.25) is 0 Å². The fraction of sp³-hybridized carbons (Fsp3) is 0.920. The number of fused-ring (bicyclic) bond motifs is 6. The van der Waals surface area contributed by atoms with Crippen LogP contribution in [-0.2, 0) is 14.2 Å². The maximum Gasteiger partial charge on any atom is 0.173 e. The van der Waals surface area contributed by atoms with E-state index in [0.29, 0.717) is 23.4 Å². The summed E-state index contributed by atoms with van der Waals surface area (Å²) in [6.07, 6.45) is 13.9. The fourth-order valence-electron chi connectivity index (χ4n) is 8.27. The first-order valence-electron chi connectivity index (χ1n) is 11.7. The van der Waals surface area contributed by atoms with Gasteiger partial charge in [-0.2, -0.15) is 0 Å². The van der Waals surface area contributed by atoms with Gasteiger partial charge in [-0.1, -0.05) is 39.8 Å². The smallest absolute Gasteiger partial charge is 0.173 e. The zero-order valence-electron chi connectivity index (χ0n) is 18.6. The summed E-state index contributed by atoms with van der Waals surface area (Å²) in [7, 11) is 1.95. The number of hydrogen-bond acceptors (Lipinski definition) is 3. The van der Waals surface area contributed by atoms with E-state index < -0.39 is 0 Å². The molecule has 7 atom stereocenters. The molecule has 0 N–H and O–H groups in total. The van der Waals surface area contributed by atoms with E-state index in [2.05, 4.69) is 39.8 Å². The predicted octanol–water partition coefficient (Wildman–Crippen LogP) is 5.59. The van der Waals surface area contributed by atoms with Gasteiger partial charge in [0.25, 0.3) is 0 Å². The van der Waals surface area contributed by atoms with E-state index in [1.807, 2.05) is 7.11 Å². The Morgan fingerprint density at radius 1 is 0.964 bits per heavy atom. The van der Waals surface area contributed by atoms with Gasteiger partial charge in [0, 0.05) is 24.4 Å². The quantitative estimate of drug-likeness (QED) is 0.548. The van der Waals surface area contributed by atoms with E-state index in [0.717, 1.165) is 37.9 Å². The van der Waals surface area contributed by atoms with Crippen LogP contribution in [0.2, 0.25) is 0 Å². The summed E-state index contributed by atoms with van der Waals surface area (Å²) in [5, 5.41) is 0. The van der Waals surface area contributed by atoms with Crippen LogP contribution in [0.5, 0.6) is 0 Å². The van der Waals surface area contributed by atoms with Crippen LogP contribution >= 0.6 is 0 Å². The second kappa shape index (κ2) is 6.31. The lowest BCUT2D eigenvalue weighted by Gasteiger charge is -2.63. The van der Waals surface area contributed by atoms with Crippen molar-refractivity contribution in [1.29, 1.82) is 0 Å². The SMILES string of the molecule is COC1C[C@@]2(C)[C@@H](CCC23OCC(C)(C)CO3)C2CC[C@H]3C=CCC[C@]3(C)[C@@H]12. The predicted molar refractivity (Wildman–Crippen MR) is 111 cm³/mol. The van der Waals surface area contributed by atoms with Crippen molar-refractivity contribution in [3.63, 3.8) is 0 Å². The third-order valence-electron chi connectivity index (χ3n) is 9.81. The minimum atomic E-state index is -0.390. The van der Waals surface area contributed by atoms with E-state index in [4.69, 9.17) is 14.2 Å². The normalized spacial score (nSPS) is 51.4. The van der Waals surface area contributed by atoms with E-state index in [1.54, 1.807) is 0 Å². The van der Waals surface area contributed by atoms with Crippen molar-refractivity contribution in [1.82, 2.24) is 0 Å². The minimum Gasteiger partial charge on any atom is -0.381 e. The number of rotatable bonds is 1. The molecule has 2 unspecified atom stereocenters. The molecule has 0 aromatic carbocycles. The van der Waals surface area contributed by atoms with E-state index in [9.17, 15) is 0 Å². The molecule has 0 aromatic rings. The average molecular weight is 389 g/mol. The molecule has 1 aliphatic heterocycles. The van der Waals surface area contributed by atoms with Crippen LogP contribution in [0, 0.1) is 39.9 Å². The van der Waals surface area contributed by atoms with Gasteiger partial charge in [0.05, 0.1) is 19.3 Å². The van der Waals surface area contributed by atoms with Crippen LogP contribution in [-0.4, -0.2) is 32.2 Å². The topological polar surface area (TPSA) is 27.7 Å². The zero-order valence-corrected chi connectivity index (χ0v) is 18.6. The van der Waals surface area contributed by atoms with E-state index >= 15 is 0 Å². The molecular weight excluding hydrogens is 348 g/mol. The largest absolute Gasteiger partial charge is 0.381 e. The van der Waals surface area contributed by atoms with Crippen LogP contribution in [0.25, 0.3) is 0 Å². The van der Waals surface area contributed by atoms with Crippen LogP contribution in [0.4, 0.5) is 0 Å². The summed E-state index contributed by atoms with van der Waals surface area (Å²) >= 11 is 0. The molecule has 0 aromatic heterocycles. The summed E-state index contributed by atoms with van der Waals surface area (Å²) in [6, 6.07) is 0. The van der Waals surface area contributed by atoms with Gasteiger partial charge < -0.3 is 14.2 Å². The second-order valence-electron chi connectivity index (χ2n) is 11.9. The second-order valence-corrected chi connectivity index (χ2v) is 11.9. The molecule has 0 bridgehead atoms. The van der Waals surface area contributed by atoms with Gasteiger partial charge in [0.1, 0.15) is 0 Å². The number of methoxy groups -OCH3 is 1. The molecule has 4 aliphatic carbocycles. The number of ether oxygens (including phenoxy) is 3. The van der Waals surface area contributed by atoms with Gasteiger partial charge in [-0.3, -0.25) is 0 Å². The maximum absolute atomic E-state index is 6.63. The monoisotopic (exact) mass is 388 g/mol. The average Bonchev–Trinajstić information content (AvgIpc) is 2.95. The Balaban J connectivity index is 1.50. The van der Waals surface area contributed by atoms with Crippen LogP contribution in [0.15, 0.2) is 12.2 Å². The highest BCUT2D eigenvalue weighted by Gasteiger charge is 2.69. The van der Waals surface area contributed by atoms with Crippen molar-refractivity contribution >= 4 is 0 Å². The molecular formula is C25H40O3. The summed E-state index contributed by atoms with van der Waals surface area (Å²) in [4.78, 5) is 0. The minimum absolute atomic E-state index is 0.0685. The fourth-order valence-corrected chi connectivity index (χ4v) is 8.27. The summed E-state index contributed by atoms with van der Waals surface area (Å²) in [6.45, 7) is 11.2. The molecule has 158 valence electrons. The molecule has 0 amide bonds. The summed E-state index contributed by atoms with van der Waals surface area (Å²) < 4.78 is 19.5. The van der Waals surface area contributed by atoms with Crippen molar-refractivity contribution in [2.45, 2.75) is 84.5 Å². The van der Waals surface area contributed by atoms with Crippen molar-refractivity contribution in [2.24, 2.45) is 39.9 Å². The Labute approximate surface area is 171 Å². The molecule has 0 radical (unpaired) electrons. The molecule has 1 heterocycles. The Morgan fingerprint density at radius 3 is 2.43 bits per heavy atom. The van der Waals surface area contributed by atoms with E-state index in [1.165, 1.54) is 32.1 Å². The van der Waals surface area contributed by atoms with Gasteiger partial charge in [0.15, 0.2) is 5.79 Å². The highest BCUT2D eigenvalue weighted by atomic mass is 16.7. The van der Waals surface area contributed by atoms with Crippen LogP contribution < -0.4 is 0 Å². The van der Waals surface area contributed by atoms with E-state index in [-0.39, 0.29) is 16.6 Å². The van der Waals surface area contributed by atoms with Crippen molar-refractivity contribution < 1.29 is 14.2 Å². The lowest BCUT2D eigenvalue weighted by molar-refractivity contribution is -0.353. The summed E-state index contributed by atoms with van der Waals surface area (Å²) in [5.41, 5.74) is 0.586. The van der Waals surface area contributed by atoms with Crippen molar-refractivity contribution in [3.8, 4) is 0 Å². The zero-order chi connectivity index (χ0) is 19.8. The molecule has 5 rings (SSSR count). The third kappa shape index (κ3) is 2.51. The Bertz CT molecular complexity index is 644. The van der Waals surface area contributed by atoms with Crippen molar-refractivity contribution in [3.05, 3.63) is 12.2 Å². The molecule has 1 spiro atoms. The highest BCUT2D eigenvalue weighted by molar-refractivity contribution is 5.17. The Morgan fingerprint density at radius 2 is 1.71 bits per heavy atom. The van der Waals surface area contributed by atoms with Gasteiger partial charge in [-0.05, 0) is 67.6 Å². The molecule has 5 aliphatic rings. The van der Waals surface area contributed by atoms with Crippen molar-refractivity contribution in [2.75, 3.05) is 20.3 Å². The summed E-state index contributed by atoms with van der Waals surface area (Å²) in [5.74, 6) is 2.48. The lowest BCUT2D eigenvalue weighted by Crippen LogP contribution is -2.63. The van der Waals surface area contributed by atoms with Gasteiger partial charge in [-0.15, -0.1) is 0 Å². The van der Waals surface area contributed by atoms with Crippen LogP contribution in [0.1, 0.15) is 72.6 Å². The maximum atomic E-state index is 6.63. The molecule has 3 nitrogen and oxygen atoms in total. The first-order valence-corrected chi connectivity index (χ1v) is 11.7. The molecule has 3 saturated carbocycles.